The summed E-state index contributed by atoms with van der Waals surface area (Å²) < 4.78 is 2.34. The molecule has 0 unspecified atom stereocenters. The van der Waals surface area contributed by atoms with Gasteiger partial charge in [0.2, 0.25) is 0 Å². The lowest BCUT2D eigenvalue weighted by molar-refractivity contribution is 0.812. The van der Waals surface area contributed by atoms with Gasteiger partial charge in [0.15, 0.2) is 5.69 Å². The van der Waals surface area contributed by atoms with Crippen LogP contribution in [0.1, 0.15) is 11.1 Å². The first kappa shape index (κ1) is 31.4. The fourth-order valence-electron chi connectivity index (χ4n) is 8.05. The van der Waals surface area contributed by atoms with E-state index in [-0.39, 0.29) is 0 Å². The standard InChI is InChI=1S/C49H33N5/c1-50-41-17-20-49-47(27-41)45-13-5-6-14-48(45)54(49)43-18-15-36-31-53(42-11-3-2-4-12-42)32-40-23-33(16-19-44(40)46(36)28-43)37-24-38(34-9-7-21-51-29-34)26-39(25-37)35-10-8-22-52-30-35/h2-30H,31-32H2. The second kappa shape index (κ2) is 13.0. The summed E-state index contributed by atoms with van der Waals surface area (Å²) in [6.07, 6.45) is 7.49. The Hall–Kier alpha value is -7.29. The highest BCUT2D eigenvalue weighted by Gasteiger charge is 2.23. The van der Waals surface area contributed by atoms with Crippen LogP contribution in [0.15, 0.2) is 176 Å². The third-order valence-corrected chi connectivity index (χ3v) is 10.6. The minimum atomic E-state index is 0.650. The lowest BCUT2D eigenvalue weighted by atomic mass is 9.90. The molecule has 6 aromatic carbocycles. The van der Waals surface area contributed by atoms with Gasteiger partial charge < -0.3 is 9.47 Å². The van der Waals surface area contributed by atoms with Crippen molar-refractivity contribution < 1.29 is 0 Å². The van der Waals surface area contributed by atoms with Gasteiger partial charge in [-0.2, -0.15) is 0 Å². The van der Waals surface area contributed by atoms with Crippen molar-refractivity contribution in [1.82, 2.24) is 14.5 Å². The van der Waals surface area contributed by atoms with Crippen LogP contribution in [-0.2, 0) is 13.1 Å². The summed E-state index contributed by atoms with van der Waals surface area (Å²) in [7, 11) is 0. The zero-order valence-electron chi connectivity index (χ0n) is 29.4. The third kappa shape index (κ3) is 5.49. The van der Waals surface area contributed by atoms with Gasteiger partial charge in [0.25, 0.3) is 0 Å². The molecule has 1 aliphatic rings. The summed E-state index contributed by atoms with van der Waals surface area (Å²) in [6, 6.07) is 54.1. The van der Waals surface area contributed by atoms with E-state index in [1.165, 1.54) is 27.9 Å². The van der Waals surface area contributed by atoms with Gasteiger partial charge >= 0.3 is 0 Å². The van der Waals surface area contributed by atoms with Crippen molar-refractivity contribution in [1.29, 1.82) is 0 Å². The maximum absolute atomic E-state index is 7.65. The van der Waals surface area contributed by atoms with E-state index in [0.717, 1.165) is 74.0 Å². The highest BCUT2D eigenvalue weighted by atomic mass is 15.1. The van der Waals surface area contributed by atoms with Crippen LogP contribution < -0.4 is 4.90 Å². The van der Waals surface area contributed by atoms with Crippen LogP contribution in [0, 0.1) is 6.57 Å². The van der Waals surface area contributed by atoms with E-state index >= 15 is 0 Å². The molecule has 5 nitrogen and oxygen atoms in total. The van der Waals surface area contributed by atoms with Gasteiger partial charge in [-0.25, -0.2) is 4.85 Å². The minimum absolute atomic E-state index is 0.650. The fourth-order valence-corrected chi connectivity index (χ4v) is 8.05. The van der Waals surface area contributed by atoms with Gasteiger partial charge in [-0.1, -0.05) is 72.8 Å². The van der Waals surface area contributed by atoms with Crippen LogP contribution in [0.5, 0.6) is 0 Å². The van der Waals surface area contributed by atoms with E-state index in [4.69, 9.17) is 6.57 Å². The zero-order valence-corrected chi connectivity index (χ0v) is 29.4. The Labute approximate surface area is 313 Å². The van der Waals surface area contributed by atoms with Gasteiger partial charge in [-0.15, -0.1) is 0 Å². The van der Waals surface area contributed by atoms with Gasteiger partial charge in [0.1, 0.15) is 0 Å². The van der Waals surface area contributed by atoms with E-state index < -0.39 is 0 Å². The maximum atomic E-state index is 7.65. The monoisotopic (exact) mass is 691 g/mol. The second-order valence-corrected chi connectivity index (χ2v) is 13.9. The molecule has 0 saturated carbocycles. The van der Waals surface area contributed by atoms with Gasteiger partial charge in [0.05, 0.1) is 17.6 Å². The number of benzene rings is 6. The molecule has 1 aliphatic heterocycles. The maximum Gasteiger partial charge on any atom is 0.188 e. The predicted molar refractivity (Wildman–Crippen MR) is 221 cm³/mol. The molecule has 0 atom stereocenters. The molecule has 0 spiro atoms. The lowest BCUT2D eigenvalue weighted by Crippen LogP contribution is -2.20. The molecule has 9 aromatic rings. The first-order valence-corrected chi connectivity index (χ1v) is 18.1. The number of hydrogen-bond donors (Lipinski definition) is 0. The van der Waals surface area contributed by atoms with E-state index in [1.54, 1.807) is 0 Å². The lowest BCUT2D eigenvalue weighted by Gasteiger charge is -2.24. The van der Waals surface area contributed by atoms with Gasteiger partial charge in [-0.3, -0.25) is 9.97 Å². The Balaban J connectivity index is 1.16. The summed E-state index contributed by atoms with van der Waals surface area (Å²) >= 11 is 0. The fraction of sp³-hybridized carbons (Fsp3) is 0.0408. The molecule has 0 radical (unpaired) electrons. The molecule has 0 saturated heterocycles. The SMILES string of the molecule is [C-]#[N+]c1ccc2c(c1)c1ccccc1n2-c1ccc2c(c1)-c1ccc(-c3cc(-c4cccnc4)cc(-c4cccnc4)c3)cc1CN(c1ccccc1)C2. The highest BCUT2D eigenvalue weighted by Crippen LogP contribution is 2.41. The summed E-state index contributed by atoms with van der Waals surface area (Å²) in [4.78, 5) is 15.1. The van der Waals surface area contributed by atoms with Crippen LogP contribution >= 0.6 is 0 Å². The van der Waals surface area contributed by atoms with Crippen molar-refractivity contribution >= 4 is 33.2 Å². The predicted octanol–water partition coefficient (Wildman–Crippen LogP) is 12.3. The molecule has 5 heteroatoms. The number of fused-ring (bicyclic) bond motifs is 6. The van der Waals surface area contributed by atoms with Crippen LogP contribution in [0.2, 0.25) is 0 Å². The largest absolute Gasteiger partial charge is 0.363 e. The Morgan fingerprint density at radius 1 is 0.463 bits per heavy atom. The van der Waals surface area contributed by atoms with E-state index in [2.05, 4.69) is 152 Å². The van der Waals surface area contributed by atoms with Crippen molar-refractivity contribution in [3.8, 4) is 50.2 Å². The number of hydrogen-bond acceptors (Lipinski definition) is 3. The summed E-state index contributed by atoms with van der Waals surface area (Å²) in [5.74, 6) is 0. The molecule has 3 aromatic heterocycles. The normalized spacial score (nSPS) is 12.2. The molecular weight excluding hydrogens is 659 g/mol. The quantitative estimate of drug-likeness (QED) is 0.169. The number of nitrogens with zero attached hydrogens (tertiary/aromatic N) is 5. The third-order valence-electron chi connectivity index (χ3n) is 10.6. The molecular formula is C49H33N5. The number of aromatic nitrogens is 3. The molecule has 4 heterocycles. The number of anilines is 1. The topological polar surface area (TPSA) is 38.3 Å². The van der Waals surface area contributed by atoms with Gasteiger partial charge in [-0.05, 0) is 129 Å². The van der Waals surface area contributed by atoms with Crippen molar-refractivity contribution in [3.05, 3.63) is 199 Å². The number of para-hydroxylation sites is 2. The molecule has 0 fully saturated rings. The average Bonchev–Trinajstić information content (AvgIpc) is 3.48. The smallest absolute Gasteiger partial charge is 0.188 e. The van der Waals surface area contributed by atoms with Crippen LogP contribution in [0.25, 0.3) is 76.8 Å². The first-order chi connectivity index (χ1) is 26.7. The average molecular weight is 692 g/mol. The first-order valence-electron chi connectivity index (χ1n) is 18.1. The molecule has 0 aliphatic carbocycles. The van der Waals surface area contributed by atoms with Crippen molar-refractivity contribution in [2.45, 2.75) is 13.1 Å². The number of rotatable bonds is 5. The molecule has 54 heavy (non-hydrogen) atoms. The van der Waals surface area contributed by atoms with Crippen LogP contribution in [-0.4, -0.2) is 14.5 Å². The van der Waals surface area contributed by atoms with Crippen molar-refractivity contribution in [3.63, 3.8) is 0 Å². The van der Waals surface area contributed by atoms with Gasteiger partial charge in [0, 0.05) is 65.8 Å². The van der Waals surface area contributed by atoms with E-state index in [0.29, 0.717) is 5.69 Å². The molecule has 0 N–H and O–H groups in total. The van der Waals surface area contributed by atoms with E-state index in [9.17, 15) is 0 Å². The molecule has 0 bridgehead atoms. The summed E-state index contributed by atoms with van der Waals surface area (Å²) in [6.45, 7) is 9.20. The molecule has 254 valence electrons. The van der Waals surface area contributed by atoms with Crippen molar-refractivity contribution in [2.24, 2.45) is 0 Å². The van der Waals surface area contributed by atoms with Crippen molar-refractivity contribution in [2.75, 3.05) is 4.90 Å². The second-order valence-electron chi connectivity index (χ2n) is 13.9. The van der Waals surface area contributed by atoms with Crippen LogP contribution in [0.3, 0.4) is 0 Å². The number of pyridine rings is 2. The summed E-state index contributed by atoms with van der Waals surface area (Å²) in [5.41, 5.74) is 16.9. The highest BCUT2D eigenvalue weighted by molar-refractivity contribution is 6.10. The Kier molecular flexibility index (Phi) is 7.59. The van der Waals surface area contributed by atoms with Crippen LogP contribution in [0.4, 0.5) is 11.4 Å². The molecule has 10 rings (SSSR count). The Bertz CT molecular complexity index is 2830. The Morgan fingerprint density at radius 2 is 1.15 bits per heavy atom. The summed E-state index contributed by atoms with van der Waals surface area (Å²) in [5, 5.41) is 2.24. The zero-order chi connectivity index (χ0) is 36.0. The molecule has 0 amide bonds. The Morgan fingerprint density at radius 3 is 1.87 bits per heavy atom. The minimum Gasteiger partial charge on any atom is -0.363 e. The van der Waals surface area contributed by atoms with E-state index in [1.807, 2.05) is 49.1 Å².